The van der Waals surface area contributed by atoms with Crippen molar-refractivity contribution in [2.45, 2.75) is 32.4 Å². The molecule has 1 aromatic heterocycles. The summed E-state index contributed by atoms with van der Waals surface area (Å²) < 4.78 is 34.1. The lowest BCUT2D eigenvalue weighted by Gasteiger charge is -2.20. The van der Waals surface area contributed by atoms with Crippen molar-refractivity contribution in [1.82, 2.24) is 9.88 Å². The van der Waals surface area contributed by atoms with Crippen LogP contribution in [-0.4, -0.2) is 42.4 Å². The van der Waals surface area contributed by atoms with Gasteiger partial charge in [-0.05, 0) is 30.2 Å². The molecule has 3 rings (SSSR count). The topological polar surface area (TPSA) is 194 Å². The summed E-state index contributed by atoms with van der Waals surface area (Å²) in [6.45, 7) is 3.05. The summed E-state index contributed by atoms with van der Waals surface area (Å²) in [5, 5.41) is 17.6. The second-order valence-electron chi connectivity index (χ2n) is 8.14. The number of nitrogens with two attached hydrogens (primary N) is 1. The van der Waals surface area contributed by atoms with E-state index < -0.39 is 33.7 Å². The molecule has 0 radical (unpaired) electrons. The van der Waals surface area contributed by atoms with Crippen LogP contribution in [0.1, 0.15) is 36.8 Å². The number of carbonyl (C=O) groups excluding carboxylic acids is 1. The van der Waals surface area contributed by atoms with Crippen LogP contribution in [0.25, 0.3) is 0 Å². The van der Waals surface area contributed by atoms with E-state index in [1.54, 1.807) is 61.5 Å². The molecule has 39 heavy (non-hydrogen) atoms. The molecule has 0 bridgehead atoms. The van der Waals surface area contributed by atoms with E-state index in [1.807, 2.05) is 0 Å². The number of nitrogen functional groups attached to an aromatic ring is 1. The second-order valence-corrected chi connectivity index (χ2v) is 9.86. The number of carbonyl (C=O) groups is 2. The highest BCUT2D eigenvalue weighted by molar-refractivity contribution is 7.91. The van der Waals surface area contributed by atoms with Crippen LogP contribution in [0.15, 0.2) is 77.7 Å². The molecular weight excluding hydrogens is 526 g/mol. The number of aromatic nitrogens is 1. The summed E-state index contributed by atoms with van der Waals surface area (Å²) in [7, 11) is -3.87. The van der Waals surface area contributed by atoms with Crippen LogP contribution in [0.3, 0.4) is 0 Å². The number of carboxylic acid groups (broad SMARTS) is 1. The van der Waals surface area contributed by atoms with Gasteiger partial charge in [-0.2, -0.15) is 0 Å². The van der Waals surface area contributed by atoms with Crippen LogP contribution < -0.4 is 21.3 Å². The monoisotopic (exact) mass is 557 g/mol. The van der Waals surface area contributed by atoms with Gasteiger partial charge in [0.1, 0.15) is 11.5 Å². The molecule has 1 heterocycles. The maximum atomic E-state index is 13.0. The van der Waals surface area contributed by atoms with Gasteiger partial charge in [-0.3, -0.25) is 29.1 Å². The molecule has 1 unspecified atom stereocenters. The largest absolute Gasteiger partial charge is 0.481 e. The Morgan fingerprint density at radius 2 is 1.67 bits per heavy atom. The minimum atomic E-state index is -3.87. The quantitative estimate of drug-likeness (QED) is 0.174. The first-order valence-electron chi connectivity index (χ1n) is 11.7. The Morgan fingerprint density at radius 1 is 1.05 bits per heavy atom. The Balaban J connectivity index is 0.00000124. The molecule has 3 aromatic rings. The number of amides is 1. The van der Waals surface area contributed by atoms with Crippen LogP contribution in [-0.2, 0) is 36.6 Å². The van der Waals surface area contributed by atoms with Crippen LogP contribution in [0.5, 0.6) is 0 Å². The molecule has 0 aliphatic carbocycles. The Kier molecular flexibility index (Phi) is 11.4. The van der Waals surface area contributed by atoms with E-state index in [2.05, 4.69) is 10.0 Å². The summed E-state index contributed by atoms with van der Waals surface area (Å²) in [5.41, 5.74) is 6.42. The zero-order chi connectivity index (χ0) is 29.0. The Bertz CT molecular complexity index is 1440. The van der Waals surface area contributed by atoms with Gasteiger partial charge in [0.2, 0.25) is 16.3 Å². The first-order valence-corrected chi connectivity index (χ1v) is 13.4. The van der Waals surface area contributed by atoms with Crippen molar-refractivity contribution in [3.63, 3.8) is 0 Å². The fourth-order valence-electron chi connectivity index (χ4n) is 3.29. The maximum Gasteiger partial charge on any atom is 0.300 e. The molecular formula is C26H31N5O7S. The molecule has 0 saturated carbocycles. The molecule has 12 nitrogen and oxygen atoms in total. The third-order valence-electron chi connectivity index (χ3n) is 4.97. The SMILES string of the molecule is CC(=O)O.CCOC(C(=O)NCc1ccc(C(=N)N)cc1)n1cccc(NS(=O)(=O)Cc2ccccc2)c1=O. The number of hydrogen-bond acceptors (Lipinski definition) is 7. The number of ether oxygens (including phenoxy) is 1. The standard InChI is InChI=1S/C24H27N5O5S.C2H4O2/c1-2-34-24(22(30)27-15-17-10-12-19(13-11-17)21(25)26)29-14-6-9-20(23(29)31)28-35(32,33)16-18-7-4-3-5-8-18;1-2(3)4/h3-14,24,28H,2,15-16H2,1H3,(H3,25,26)(H,27,30);1H3,(H,3,4). The third kappa shape index (κ3) is 10.1. The lowest BCUT2D eigenvalue weighted by Crippen LogP contribution is -2.39. The fourth-order valence-corrected chi connectivity index (χ4v) is 4.48. The minimum absolute atomic E-state index is 0.0596. The van der Waals surface area contributed by atoms with Gasteiger partial charge in [-0.25, -0.2) is 8.42 Å². The van der Waals surface area contributed by atoms with Crippen LogP contribution in [0.4, 0.5) is 5.69 Å². The Morgan fingerprint density at radius 3 is 2.23 bits per heavy atom. The summed E-state index contributed by atoms with van der Waals surface area (Å²) in [6.07, 6.45) is 0.0568. The summed E-state index contributed by atoms with van der Waals surface area (Å²) in [4.78, 5) is 34.9. The van der Waals surface area contributed by atoms with Gasteiger partial charge < -0.3 is 20.9 Å². The highest BCUT2D eigenvalue weighted by Gasteiger charge is 2.23. The molecule has 2 aromatic carbocycles. The van der Waals surface area contributed by atoms with Gasteiger partial charge in [0, 0.05) is 31.8 Å². The molecule has 0 fully saturated rings. The Hall–Kier alpha value is -4.49. The van der Waals surface area contributed by atoms with Crippen molar-refractivity contribution >= 4 is 33.4 Å². The van der Waals surface area contributed by atoms with Gasteiger partial charge in [0.15, 0.2) is 0 Å². The van der Waals surface area contributed by atoms with Gasteiger partial charge in [0.05, 0.1) is 5.75 Å². The van der Waals surface area contributed by atoms with Crippen LogP contribution >= 0.6 is 0 Å². The number of sulfonamides is 1. The van der Waals surface area contributed by atoms with Crippen molar-refractivity contribution < 1.29 is 27.9 Å². The summed E-state index contributed by atoms with van der Waals surface area (Å²) in [5.74, 6) is -1.77. The van der Waals surface area contributed by atoms with Crippen molar-refractivity contribution in [2.75, 3.05) is 11.3 Å². The first kappa shape index (κ1) is 30.7. The molecule has 1 atom stereocenters. The number of nitrogens with zero attached hydrogens (tertiary/aromatic N) is 1. The number of aliphatic carboxylic acids is 1. The smallest absolute Gasteiger partial charge is 0.300 e. The first-order chi connectivity index (χ1) is 18.4. The number of amidine groups is 1. The molecule has 0 saturated heterocycles. The predicted octanol–water partition coefficient (Wildman–Crippen LogP) is 2.02. The fraction of sp³-hybridized carbons (Fsp3) is 0.231. The van der Waals surface area contributed by atoms with Crippen molar-refractivity contribution in [3.8, 4) is 0 Å². The number of benzene rings is 2. The van der Waals surface area contributed by atoms with Crippen LogP contribution in [0.2, 0.25) is 0 Å². The highest BCUT2D eigenvalue weighted by atomic mass is 32.2. The van der Waals surface area contributed by atoms with Crippen molar-refractivity contribution in [2.24, 2.45) is 5.73 Å². The maximum absolute atomic E-state index is 13.0. The van der Waals surface area contributed by atoms with E-state index in [4.69, 9.17) is 25.8 Å². The number of carboxylic acids is 1. The number of pyridine rings is 1. The van der Waals surface area contributed by atoms with E-state index in [-0.39, 0.29) is 30.4 Å². The van der Waals surface area contributed by atoms with E-state index in [0.717, 1.165) is 17.1 Å². The van der Waals surface area contributed by atoms with Crippen molar-refractivity contribution in [3.05, 3.63) is 100.0 Å². The molecule has 0 spiro atoms. The Labute approximate surface area is 226 Å². The number of nitrogens with one attached hydrogen (secondary N) is 3. The van der Waals surface area contributed by atoms with E-state index in [0.29, 0.717) is 11.1 Å². The molecule has 1 amide bonds. The lowest BCUT2D eigenvalue weighted by atomic mass is 10.1. The molecule has 6 N–H and O–H groups in total. The van der Waals surface area contributed by atoms with Gasteiger partial charge in [-0.1, -0.05) is 54.6 Å². The second kappa shape index (κ2) is 14.4. The minimum Gasteiger partial charge on any atom is -0.481 e. The normalized spacial score (nSPS) is 11.4. The number of rotatable bonds is 11. The molecule has 13 heteroatoms. The third-order valence-corrected chi connectivity index (χ3v) is 6.22. The van der Waals surface area contributed by atoms with Crippen LogP contribution in [0, 0.1) is 5.41 Å². The molecule has 0 aliphatic heterocycles. The summed E-state index contributed by atoms with van der Waals surface area (Å²) in [6, 6.07) is 18.1. The average Bonchev–Trinajstić information content (AvgIpc) is 2.87. The summed E-state index contributed by atoms with van der Waals surface area (Å²) >= 11 is 0. The zero-order valence-corrected chi connectivity index (χ0v) is 22.3. The van der Waals surface area contributed by atoms with E-state index >= 15 is 0 Å². The van der Waals surface area contributed by atoms with Crippen molar-refractivity contribution in [1.29, 1.82) is 5.41 Å². The highest BCUT2D eigenvalue weighted by Crippen LogP contribution is 2.13. The average molecular weight is 558 g/mol. The van der Waals surface area contributed by atoms with Gasteiger partial charge >= 0.3 is 0 Å². The number of anilines is 1. The molecule has 0 aliphatic rings. The van der Waals surface area contributed by atoms with Gasteiger partial charge in [-0.15, -0.1) is 0 Å². The predicted molar refractivity (Wildman–Crippen MR) is 147 cm³/mol. The number of hydrogen-bond donors (Lipinski definition) is 5. The molecule has 208 valence electrons. The zero-order valence-electron chi connectivity index (χ0n) is 21.5. The lowest BCUT2D eigenvalue weighted by molar-refractivity contribution is -0.139. The van der Waals surface area contributed by atoms with E-state index in [9.17, 15) is 18.0 Å². The van der Waals surface area contributed by atoms with E-state index in [1.165, 1.54) is 18.3 Å². The van der Waals surface area contributed by atoms with Gasteiger partial charge in [0.25, 0.3) is 17.4 Å².